The number of nitrogens with one attached hydrogen (secondary N) is 2. The highest BCUT2D eigenvalue weighted by Crippen LogP contribution is 2.34. The second-order valence-electron chi connectivity index (χ2n) is 5.47. The number of halogens is 1. The van der Waals surface area contributed by atoms with E-state index in [4.69, 9.17) is 5.73 Å². The first kappa shape index (κ1) is 13.8. The fraction of sp³-hybridized carbons (Fsp3) is 0.312. The Morgan fingerprint density at radius 3 is 2.76 bits per heavy atom. The number of amides is 1. The molecule has 4 nitrogen and oxygen atoms in total. The molecule has 0 spiro atoms. The molecule has 2 aromatic rings. The monoisotopic (exact) mass is 287 g/mol. The molecule has 0 saturated heterocycles. The van der Waals surface area contributed by atoms with E-state index in [1.807, 2.05) is 13.8 Å². The smallest absolute Gasteiger partial charge is 0.250 e. The van der Waals surface area contributed by atoms with Crippen LogP contribution in [0.2, 0.25) is 0 Å². The van der Waals surface area contributed by atoms with Crippen LogP contribution >= 0.6 is 0 Å². The lowest BCUT2D eigenvalue weighted by Crippen LogP contribution is -2.22. The Balaban J connectivity index is 2.39. The summed E-state index contributed by atoms with van der Waals surface area (Å²) in [7, 11) is 0. The van der Waals surface area contributed by atoms with Crippen LogP contribution in [-0.2, 0) is 0 Å². The van der Waals surface area contributed by atoms with Crippen LogP contribution in [0.3, 0.4) is 0 Å². The van der Waals surface area contributed by atoms with E-state index in [9.17, 15) is 9.18 Å². The second-order valence-corrected chi connectivity index (χ2v) is 5.47. The Labute approximate surface area is 122 Å². The Bertz CT molecular complexity index is 774. The molecule has 3 rings (SSSR count). The summed E-state index contributed by atoms with van der Waals surface area (Å²) in [6.45, 7) is 5.37. The summed E-state index contributed by atoms with van der Waals surface area (Å²) in [5.41, 5.74) is 9.59. The highest BCUT2D eigenvalue weighted by molar-refractivity contribution is 6.09. The van der Waals surface area contributed by atoms with Crippen molar-refractivity contribution in [3.05, 3.63) is 40.3 Å². The number of aromatic amines is 1. The molecule has 110 valence electrons. The number of hydrogen-bond acceptors (Lipinski definition) is 2. The van der Waals surface area contributed by atoms with Gasteiger partial charge in [-0.25, -0.2) is 4.39 Å². The predicted molar refractivity (Wildman–Crippen MR) is 81.7 cm³/mol. The van der Waals surface area contributed by atoms with Crippen molar-refractivity contribution >= 4 is 22.4 Å². The molecule has 5 heteroatoms. The van der Waals surface area contributed by atoms with Crippen molar-refractivity contribution in [3.8, 4) is 0 Å². The maximum atomic E-state index is 14.6. The normalized spacial score (nSPS) is 15.3. The minimum atomic E-state index is -0.623. The quantitative estimate of drug-likeness (QED) is 0.793. The number of primary amides is 1. The van der Waals surface area contributed by atoms with Crippen molar-refractivity contribution in [2.24, 2.45) is 5.73 Å². The molecule has 0 radical (unpaired) electrons. The predicted octanol–water partition coefficient (Wildman–Crippen LogP) is 2.40. The van der Waals surface area contributed by atoms with Crippen molar-refractivity contribution < 1.29 is 9.18 Å². The molecule has 0 saturated carbocycles. The number of H-pyrrole nitrogens is 1. The lowest BCUT2D eigenvalue weighted by atomic mass is 9.94. The van der Waals surface area contributed by atoms with Gasteiger partial charge < -0.3 is 16.0 Å². The molecule has 0 unspecified atom stereocenters. The summed E-state index contributed by atoms with van der Waals surface area (Å²) in [4.78, 5) is 14.8. The molecule has 2 heterocycles. The molecule has 0 fully saturated rings. The number of carbonyl (C=O) groups is 1. The van der Waals surface area contributed by atoms with Crippen LogP contribution in [-0.4, -0.2) is 24.0 Å². The number of rotatable bonds is 2. The van der Waals surface area contributed by atoms with Crippen LogP contribution < -0.4 is 11.1 Å². The zero-order valence-electron chi connectivity index (χ0n) is 12.1. The maximum absolute atomic E-state index is 14.6. The number of fused-ring (bicyclic) bond motifs is 1. The average Bonchev–Trinajstić information content (AvgIpc) is 2.75. The first-order chi connectivity index (χ1) is 10.0. The third kappa shape index (κ3) is 2.14. The van der Waals surface area contributed by atoms with Crippen molar-refractivity contribution in [3.63, 3.8) is 0 Å². The summed E-state index contributed by atoms with van der Waals surface area (Å²) in [5, 5.41) is 4.01. The van der Waals surface area contributed by atoms with E-state index in [2.05, 4.69) is 16.4 Å². The van der Waals surface area contributed by atoms with Gasteiger partial charge in [0.15, 0.2) is 0 Å². The van der Waals surface area contributed by atoms with Crippen molar-refractivity contribution in [2.45, 2.75) is 20.3 Å². The zero-order chi connectivity index (χ0) is 15.1. The van der Waals surface area contributed by atoms with Crippen molar-refractivity contribution in [1.29, 1.82) is 0 Å². The minimum Gasteiger partial charge on any atom is -0.366 e. The number of aromatic nitrogens is 1. The highest BCUT2D eigenvalue weighted by Gasteiger charge is 2.22. The minimum absolute atomic E-state index is 0.201. The number of nitrogens with two attached hydrogens (primary N) is 1. The molecule has 1 aliphatic heterocycles. The first-order valence-corrected chi connectivity index (χ1v) is 7.02. The Morgan fingerprint density at radius 2 is 2.14 bits per heavy atom. The van der Waals surface area contributed by atoms with Crippen LogP contribution in [0.25, 0.3) is 16.5 Å². The lowest BCUT2D eigenvalue weighted by Gasteiger charge is -2.17. The summed E-state index contributed by atoms with van der Waals surface area (Å²) in [6, 6.07) is 1.24. The lowest BCUT2D eigenvalue weighted by molar-refractivity contribution is 0.100. The largest absolute Gasteiger partial charge is 0.366 e. The SMILES string of the molecule is Cc1[nH]c2c(C(N)=O)cc(F)c(C3=CCCNC3)c2c1C. The van der Waals surface area contributed by atoms with Gasteiger partial charge in [-0.05, 0) is 44.0 Å². The Kier molecular flexibility index (Phi) is 3.29. The highest BCUT2D eigenvalue weighted by atomic mass is 19.1. The van der Waals surface area contributed by atoms with E-state index in [1.54, 1.807) is 0 Å². The van der Waals surface area contributed by atoms with Gasteiger partial charge >= 0.3 is 0 Å². The molecule has 0 aliphatic carbocycles. The standard InChI is InChI=1S/C16H18FN3O/c1-8-9(2)20-15-11(16(18)21)6-12(17)14(13(8)15)10-4-3-5-19-7-10/h4,6,19-20H,3,5,7H2,1-2H3,(H2,18,21). The fourth-order valence-electron chi connectivity index (χ4n) is 2.97. The van der Waals surface area contributed by atoms with Gasteiger partial charge in [-0.15, -0.1) is 0 Å². The fourth-order valence-corrected chi connectivity index (χ4v) is 2.97. The molecule has 0 atom stereocenters. The topological polar surface area (TPSA) is 70.9 Å². The van der Waals surface area contributed by atoms with Crippen LogP contribution in [0.4, 0.5) is 4.39 Å². The second kappa shape index (κ2) is 5.00. The molecular formula is C16H18FN3O. The summed E-state index contributed by atoms with van der Waals surface area (Å²) >= 11 is 0. The van der Waals surface area contributed by atoms with E-state index in [-0.39, 0.29) is 5.56 Å². The third-order valence-corrected chi connectivity index (χ3v) is 4.14. The Morgan fingerprint density at radius 1 is 1.38 bits per heavy atom. The maximum Gasteiger partial charge on any atom is 0.250 e. The van der Waals surface area contributed by atoms with Gasteiger partial charge in [0.05, 0.1) is 11.1 Å². The number of benzene rings is 1. The molecule has 0 bridgehead atoms. The van der Waals surface area contributed by atoms with Gasteiger partial charge in [-0.3, -0.25) is 4.79 Å². The number of carbonyl (C=O) groups excluding carboxylic acids is 1. The van der Waals surface area contributed by atoms with Crippen LogP contribution in [0.5, 0.6) is 0 Å². The van der Waals surface area contributed by atoms with Gasteiger partial charge in [0.25, 0.3) is 5.91 Å². The van der Waals surface area contributed by atoms with Gasteiger partial charge in [0, 0.05) is 23.2 Å². The molecule has 4 N–H and O–H groups in total. The van der Waals surface area contributed by atoms with Gasteiger partial charge in [0.1, 0.15) is 5.82 Å². The van der Waals surface area contributed by atoms with Crippen LogP contribution in [0.15, 0.2) is 12.1 Å². The number of hydrogen-bond donors (Lipinski definition) is 3. The summed E-state index contributed by atoms with van der Waals surface area (Å²) in [5.74, 6) is -1.02. The van der Waals surface area contributed by atoms with E-state index in [0.29, 0.717) is 17.6 Å². The molecular weight excluding hydrogens is 269 g/mol. The molecule has 1 aromatic heterocycles. The summed E-state index contributed by atoms with van der Waals surface area (Å²) < 4.78 is 14.6. The zero-order valence-corrected chi connectivity index (χ0v) is 12.1. The Hall–Kier alpha value is -2.14. The van der Waals surface area contributed by atoms with Crippen LogP contribution in [0.1, 0.15) is 33.6 Å². The first-order valence-electron chi connectivity index (χ1n) is 7.02. The van der Waals surface area contributed by atoms with Crippen molar-refractivity contribution in [1.82, 2.24) is 10.3 Å². The van der Waals surface area contributed by atoms with E-state index >= 15 is 0 Å². The van der Waals surface area contributed by atoms with Gasteiger partial charge in [-0.2, -0.15) is 0 Å². The third-order valence-electron chi connectivity index (χ3n) is 4.14. The van der Waals surface area contributed by atoms with Gasteiger partial charge in [-0.1, -0.05) is 6.08 Å². The molecule has 1 aromatic carbocycles. The van der Waals surface area contributed by atoms with Crippen molar-refractivity contribution in [2.75, 3.05) is 13.1 Å². The number of aryl methyl sites for hydroxylation is 2. The van der Waals surface area contributed by atoms with Gasteiger partial charge in [0.2, 0.25) is 0 Å². The van der Waals surface area contributed by atoms with E-state index in [1.165, 1.54) is 6.07 Å². The van der Waals surface area contributed by atoms with E-state index in [0.717, 1.165) is 35.2 Å². The molecule has 1 amide bonds. The molecule has 1 aliphatic rings. The summed E-state index contributed by atoms with van der Waals surface area (Å²) in [6.07, 6.45) is 2.93. The van der Waals surface area contributed by atoms with E-state index < -0.39 is 11.7 Å². The van der Waals surface area contributed by atoms with Crippen LogP contribution in [0, 0.1) is 19.7 Å². The average molecular weight is 287 g/mol. The molecule has 21 heavy (non-hydrogen) atoms.